The average Bonchev–Trinajstić information content (AvgIpc) is 3.71. The summed E-state index contributed by atoms with van der Waals surface area (Å²) in [7, 11) is 0. The first kappa shape index (κ1) is 28.2. The third kappa shape index (κ3) is 4.45. The van der Waals surface area contributed by atoms with Crippen LogP contribution in [0.15, 0.2) is 176 Å². The van der Waals surface area contributed by atoms with Gasteiger partial charge >= 0.3 is 0 Å². The van der Waals surface area contributed by atoms with Crippen molar-refractivity contribution in [2.24, 2.45) is 0 Å². The summed E-state index contributed by atoms with van der Waals surface area (Å²) in [6, 6.07) is 61.5. The standard InChI is InChI=1S/C45H29N5/c1-4-15-30(16-5-1)43-46-44(31-17-6-2-7-18-31)48-45(47-43)32-27-28-40-37(29-32)35-22-11-13-25-39(35)50(40)41-26-14-23-36-34-21-10-12-24-38(34)49(42(36)41)33-19-8-3-9-20-33/h1-29H. The number of nitrogens with zero attached hydrogens (tertiary/aromatic N) is 5. The van der Waals surface area contributed by atoms with Crippen molar-refractivity contribution in [1.82, 2.24) is 24.1 Å². The van der Waals surface area contributed by atoms with Gasteiger partial charge in [0.05, 0.1) is 27.8 Å². The van der Waals surface area contributed by atoms with Crippen molar-refractivity contribution in [3.05, 3.63) is 176 Å². The maximum atomic E-state index is 5.03. The number of para-hydroxylation sites is 4. The van der Waals surface area contributed by atoms with Crippen LogP contribution >= 0.6 is 0 Å². The average molecular weight is 640 g/mol. The van der Waals surface area contributed by atoms with E-state index in [2.05, 4.69) is 124 Å². The number of benzene rings is 7. The molecule has 0 spiro atoms. The van der Waals surface area contributed by atoms with E-state index in [0.717, 1.165) is 44.5 Å². The van der Waals surface area contributed by atoms with Crippen molar-refractivity contribution in [2.75, 3.05) is 0 Å². The van der Waals surface area contributed by atoms with Gasteiger partial charge in [0.25, 0.3) is 0 Å². The Morgan fingerprint density at radius 3 is 1.44 bits per heavy atom. The molecule has 0 amide bonds. The van der Waals surface area contributed by atoms with Gasteiger partial charge in [-0.1, -0.05) is 127 Å². The van der Waals surface area contributed by atoms with Gasteiger partial charge in [-0.2, -0.15) is 0 Å². The summed E-state index contributed by atoms with van der Waals surface area (Å²) in [6.07, 6.45) is 0. The summed E-state index contributed by atoms with van der Waals surface area (Å²) >= 11 is 0. The van der Waals surface area contributed by atoms with Gasteiger partial charge < -0.3 is 9.13 Å². The Balaban J connectivity index is 1.24. The second kappa shape index (κ2) is 11.4. The Morgan fingerprint density at radius 1 is 0.320 bits per heavy atom. The number of aromatic nitrogens is 5. The zero-order valence-electron chi connectivity index (χ0n) is 27.0. The van der Waals surface area contributed by atoms with E-state index in [1.54, 1.807) is 0 Å². The van der Waals surface area contributed by atoms with E-state index in [4.69, 9.17) is 15.0 Å². The van der Waals surface area contributed by atoms with E-state index in [0.29, 0.717) is 17.5 Å². The topological polar surface area (TPSA) is 48.5 Å². The van der Waals surface area contributed by atoms with Gasteiger partial charge in [0.15, 0.2) is 17.5 Å². The number of rotatable bonds is 5. The van der Waals surface area contributed by atoms with E-state index < -0.39 is 0 Å². The highest BCUT2D eigenvalue weighted by Gasteiger charge is 2.21. The highest BCUT2D eigenvalue weighted by Crippen LogP contribution is 2.40. The van der Waals surface area contributed by atoms with Crippen LogP contribution in [0, 0.1) is 0 Å². The summed E-state index contributed by atoms with van der Waals surface area (Å²) in [4.78, 5) is 15.0. The number of hydrogen-bond donors (Lipinski definition) is 0. The second-order valence-corrected chi connectivity index (χ2v) is 12.5. The van der Waals surface area contributed by atoms with E-state index in [1.807, 2.05) is 60.7 Å². The van der Waals surface area contributed by atoms with Gasteiger partial charge in [-0.3, -0.25) is 0 Å². The van der Waals surface area contributed by atoms with Crippen molar-refractivity contribution >= 4 is 43.6 Å². The van der Waals surface area contributed by atoms with Crippen molar-refractivity contribution < 1.29 is 0 Å². The maximum Gasteiger partial charge on any atom is 0.164 e. The Hall–Kier alpha value is -6.85. The molecule has 0 bridgehead atoms. The van der Waals surface area contributed by atoms with Crippen LogP contribution in [0.5, 0.6) is 0 Å². The number of fused-ring (bicyclic) bond motifs is 6. The second-order valence-electron chi connectivity index (χ2n) is 12.5. The molecule has 3 aromatic heterocycles. The first-order chi connectivity index (χ1) is 24.8. The van der Waals surface area contributed by atoms with Crippen molar-refractivity contribution in [3.63, 3.8) is 0 Å². The van der Waals surface area contributed by atoms with E-state index >= 15 is 0 Å². The molecule has 0 aliphatic rings. The summed E-state index contributed by atoms with van der Waals surface area (Å²) in [5.74, 6) is 1.94. The highest BCUT2D eigenvalue weighted by atomic mass is 15.1. The molecule has 0 N–H and O–H groups in total. The van der Waals surface area contributed by atoms with E-state index in [-0.39, 0.29) is 0 Å². The fourth-order valence-corrected chi connectivity index (χ4v) is 7.34. The van der Waals surface area contributed by atoms with Crippen molar-refractivity contribution in [2.45, 2.75) is 0 Å². The lowest BCUT2D eigenvalue weighted by Crippen LogP contribution is -2.01. The summed E-state index contributed by atoms with van der Waals surface area (Å²) in [5.41, 5.74) is 9.71. The molecule has 234 valence electrons. The van der Waals surface area contributed by atoms with Gasteiger partial charge in [0.2, 0.25) is 0 Å². The molecule has 5 nitrogen and oxygen atoms in total. The minimum Gasteiger partial charge on any atom is -0.307 e. The first-order valence-corrected chi connectivity index (χ1v) is 16.8. The lowest BCUT2D eigenvalue weighted by Gasteiger charge is -2.14. The van der Waals surface area contributed by atoms with Crippen LogP contribution in [0.4, 0.5) is 0 Å². The molecule has 0 radical (unpaired) electrons. The van der Waals surface area contributed by atoms with E-state index in [9.17, 15) is 0 Å². The maximum absolute atomic E-state index is 5.03. The molecule has 0 fully saturated rings. The summed E-state index contributed by atoms with van der Waals surface area (Å²) in [5, 5.41) is 4.76. The smallest absolute Gasteiger partial charge is 0.164 e. The van der Waals surface area contributed by atoms with Crippen molar-refractivity contribution in [3.8, 4) is 45.5 Å². The fourth-order valence-electron chi connectivity index (χ4n) is 7.34. The molecule has 5 heteroatoms. The largest absolute Gasteiger partial charge is 0.307 e. The molecule has 0 aliphatic heterocycles. The predicted octanol–water partition coefficient (Wildman–Crippen LogP) is 11.1. The SMILES string of the molecule is c1ccc(-c2nc(-c3ccccc3)nc(-c3ccc4c(c3)c3ccccc3n4-c3cccc4c5ccccc5n(-c5ccccc5)c34)n2)cc1. The summed E-state index contributed by atoms with van der Waals surface area (Å²) in [6.45, 7) is 0. The minimum absolute atomic E-state index is 0.641. The molecule has 0 unspecified atom stereocenters. The van der Waals surface area contributed by atoms with Crippen LogP contribution in [0.2, 0.25) is 0 Å². The molecular weight excluding hydrogens is 611 g/mol. The van der Waals surface area contributed by atoms with Crippen LogP contribution in [-0.2, 0) is 0 Å². The molecule has 3 heterocycles. The Labute approximate surface area is 288 Å². The molecule has 0 saturated carbocycles. The molecule has 0 atom stereocenters. The van der Waals surface area contributed by atoms with Crippen LogP contribution in [-0.4, -0.2) is 24.1 Å². The monoisotopic (exact) mass is 639 g/mol. The summed E-state index contributed by atoms with van der Waals surface area (Å²) < 4.78 is 4.81. The fraction of sp³-hybridized carbons (Fsp3) is 0. The predicted molar refractivity (Wildman–Crippen MR) is 205 cm³/mol. The van der Waals surface area contributed by atoms with Gasteiger partial charge in [-0.05, 0) is 48.5 Å². The lowest BCUT2D eigenvalue weighted by molar-refractivity contribution is 1.07. The zero-order chi connectivity index (χ0) is 33.0. The van der Waals surface area contributed by atoms with Crippen molar-refractivity contribution in [1.29, 1.82) is 0 Å². The molecular formula is C45H29N5. The molecule has 10 aromatic rings. The van der Waals surface area contributed by atoms with E-state index in [1.165, 1.54) is 27.2 Å². The molecule has 50 heavy (non-hydrogen) atoms. The third-order valence-electron chi connectivity index (χ3n) is 9.56. The Bertz CT molecular complexity index is 2800. The Kier molecular flexibility index (Phi) is 6.42. The molecule has 7 aromatic carbocycles. The van der Waals surface area contributed by atoms with Gasteiger partial charge in [-0.15, -0.1) is 0 Å². The molecule has 10 rings (SSSR count). The zero-order valence-corrected chi connectivity index (χ0v) is 27.0. The van der Waals surface area contributed by atoms with Crippen LogP contribution < -0.4 is 0 Å². The Morgan fingerprint density at radius 2 is 0.800 bits per heavy atom. The normalized spacial score (nSPS) is 11.6. The van der Waals surface area contributed by atoms with Crippen LogP contribution in [0.25, 0.3) is 89.2 Å². The third-order valence-corrected chi connectivity index (χ3v) is 9.56. The van der Waals surface area contributed by atoms with Crippen LogP contribution in [0.1, 0.15) is 0 Å². The van der Waals surface area contributed by atoms with Gasteiger partial charge in [0, 0.05) is 43.9 Å². The van der Waals surface area contributed by atoms with Gasteiger partial charge in [-0.25, -0.2) is 15.0 Å². The molecule has 0 saturated heterocycles. The number of hydrogen-bond acceptors (Lipinski definition) is 3. The first-order valence-electron chi connectivity index (χ1n) is 16.8. The van der Waals surface area contributed by atoms with Gasteiger partial charge in [0.1, 0.15) is 0 Å². The quantitative estimate of drug-likeness (QED) is 0.188. The lowest BCUT2D eigenvalue weighted by atomic mass is 10.1. The minimum atomic E-state index is 0.641. The highest BCUT2D eigenvalue weighted by molar-refractivity contribution is 6.15. The van der Waals surface area contributed by atoms with Crippen LogP contribution in [0.3, 0.4) is 0 Å². The molecule has 0 aliphatic carbocycles.